The molecule has 1 atom stereocenters. The van der Waals surface area contributed by atoms with Crippen molar-refractivity contribution in [3.05, 3.63) is 65.7 Å². The normalized spacial score (nSPS) is 13.4. The molecular weight excluding hydrogens is 355 g/mol. The SMILES string of the molecule is O=C(Nc1ccc(F)cc1)c1cn(CC(O)c2ccc3c(c2)OCO3)nn1. The van der Waals surface area contributed by atoms with Crippen molar-refractivity contribution in [3.63, 3.8) is 0 Å². The number of fused-ring (bicyclic) bond motifs is 1. The Hall–Kier alpha value is -3.46. The molecule has 27 heavy (non-hydrogen) atoms. The van der Waals surface area contributed by atoms with Crippen LogP contribution in [0.1, 0.15) is 22.2 Å². The van der Waals surface area contributed by atoms with Crippen LogP contribution in [0.3, 0.4) is 0 Å². The van der Waals surface area contributed by atoms with Gasteiger partial charge in [-0.1, -0.05) is 11.3 Å². The zero-order chi connectivity index (χ0) is 18.8. The second kappa shape index (κ2) is 7.04. The highest BCUT2D eigenvalue weighted by atomic mass is 19.1. The highest BCUT2D eigenvalue weighted by Gasteiger charge is 2.18. The number of carbonyl (C=O) groups excluding carboxylic acids is 1. The fourth-order valence-corrected chi connectivity index (χ4v) is 2.62. The van der Waals surface area contributed by atoms with Crippen molar-refractivity contribution in [3.8, 4) is 11.5 Å². The summed E-state index contributed by atoms with van der Waals surface area (Å²) >= 11 is 0. The number of ether oxygens (including phenoxy) is 2. The van der Waals surface area contributed by atoms with Crippen LogP contribution in [0.15, 0.2) is 48.7 Å². The number of amides is 1. The molecule has 2 aromatic carbocycles. The van der Waals surface area contributed by atoms with Crippen molar-refractivity contribution in [1.82, 2.24) is 15.0 Å². The number of aromatic nitrogens is 3. The van der Waals surface area contributed by atoms with Crippen LogP contribution < -0.4 is 14.8 Å². The van der Waals surface area contributed by atoms with Crippen molar-refractivity contribution >= 4 is 11.6 Å². The van der Waals surface area contributed by atoms with E-state index in [1.165, 1.54) is 35.1 Å². The van der Waals surface area contributed by atoms with Crippen LogP contribution in [-0.4, -0.2) is 32.8 Å². The lowest BCUT2D eigenvalue weighted by atomic mass is 10.1. The van der Waals surface area contributed by atoms with E-state index >= 15 is 0 Å². The predicted molar refractivity (Wildman–Crippen MR) is 91.9 cm³/mol. The van der Waals surface area contributed by atoms with Crippen molar-refractivity contribution in [2.75, 3.05) is 12.1 Å². The minimum absolute atomic E-state index is 0.0808. The largest absolute Gasteiger partial charge is 0.454 e. The summed E-state index contributed by atoms with van der Waals surface area (Å²) in [5, 5.41) is 20.7. The Balaban J connectivity index is 1.41. The van der Waals surface area contributed by atoms with Gasteiger partial charge < -0.3 is 19.9 Å². The Morgan fingerprint density at radius 3 is 2.81 bits per heavy atom. The molecule has 0 radical (unpaired) electrons. The third-order valence-corrected chi connectivity index (χ3v) is 4.01. The minimum atomic E-state index is -0.866. The first kappa shape index (κ1) is 17.0. The molecule has 0 bridgehead atoms. The van der Waals surface area contributed by atoms with Crippen LogP contribution in [-0.2, 0) is 6.54 Å². The van der Waals surface area contributed by atoms with E-state index in [0.29, 0.717) is 22.7 Å². The second-order valence-corrected chi connectivity index (χ2v) is 5.92. The molecule has 3 aromatic rings. The summed E-state index contributed by atoms with van der Waals surface area (Å²) in [6, 6.07) is 10.5. The summed E-state index contributed by atoms with van der Waals surface area (Å²) in [7, 11) is 0. The third kappa shape index (κ3) is 3.72. The fraction of sp³-hybridized carbons (Fsp3) is 0.167. The van der Waals surface area contributed by atoms with Gasteiger partial charge in [-0.25, -0.2) is 9.07 Å². The molecule has 9 heteroatoms. The number of nitrogens with one attached hydrogen (secondary N) is 1. The highest BCUT2D eigenvalue weighted by molar-refractivity contribution is 6.02. The molecule has 0 saturated heterocycles. The molecule has 1 amide bonds. The summed E-state index contributed by atoms with van der Waals surface area (Å²) in [6.45, 7) is 0.265. The average molecular weight is 370 g/mol. The van der Waals surface area contributed by atoms with Gasteiger partial charge in [0.15, 0.2) is 17.2 Å². The van der Waals surface area contributed by atoms with E-state index in [4.69, 9.17) is 9.47 Å². The molecule has 0 spiro atoms. The van der Waals surface area contributed by atoms with Crippen molar-refractivity contribution < 1.29 is 23.8 Å². The van der Waals surface area contributed by atoms with Crippen LogP contribution in [0.4, 0.5) is 10.1 Å². The number of aliphatic hydroxyl groups is 1. The first-order valence-electron chi connectivity index (χ1n) is 8.13. The Bertz CT molecular complexity index is 974. The molecule has 1 aromatic heterocycles. The number of aliphatic hydroxyl groups excluding tert-OH is 1. The number of anilines is 1. The highest BCUT2D eigenvalue weighted by Crippen LogP contribution is 2.34. The number of hydrogen-bond donors (Lipinski definition) is 2. The molecule has 1 aliphatic rings. The van der Waals surface area contributed by atoms with E-state index < -0.39 is 17.8 Å². The van der Waals surface area contributed by atoms with Crippen molar-refractivity contribution in [2.24, 2.45) is 0 Å². The van der Waals surface area contributed by atoms with Crippen LogP contribution in [0.25, 0.3) is 0 Å². The van der Waals surface area contributed by atoms with Crippen molar-refractivity contribution in [1.29, 1.82) is 0 Å². The number of halogens is 1. The molecule has 0 saturated carbocycles. The van der Waals surface area contributed by atoms with Gasteiger partial charge in [0.1, 0.15) is 5.82 Å². The Kier molecular flexibility index (Phi) is 4.43. The van der Waals surface area contributed by atoms with E-state index in [-0.39, 0.29) is 19.0 Å². The summed E-state index contributed by atoms with van der Waals surface area (Å²) < 4.78 is 24.8. The average Bonchev–Trinajstić information content (AvgIpc) is 3.32. The topological polar surface area (TPSA) is 98.5 Å². The van der Waals surface area contributed by atoms with Gasteiger partial charge >= 0.3 is 0 Å². The molecule has 0 aliphatic carbocycles. The third-order valence-electron chi connectivity index (χ3n) is 4.01. The van der Waals surface area contributed by atoms with Crippen LogP contribution in [0, 0.1) is 5.82 Å². The molecule has 1 aliphatic heterocycles. The second-order valence-electron chi connectivity index (χ2n) is 5.92. The lowest BCUT2D eigenvalue weighted by molar-refractivity contribution is 0.102. The monoisotopic (exact) mass is 370 g/mol. The zero-order valence-electron chi connectivity index (χ0n) is 14.0. The number of nitrogens with zero attached hydrogens (tertiary/aromatic N) is 3. The van der Waals surface area contributed by atoms with E-state index in [1.54, 1.807) is 18.2 Å². The van der Waals surface area contributed by atoms with Gasteiger partial charge in [-0.15, -0.1) is 5.10 Å². The maximum atomic E-state index is 12.9. The minimum Gasteiger partial charge on any atom is -0.454 e. The molecular formula is C18H15FN4O4. The van der Waals surface area contributed by atoms with E-state index in [1.807, 2.05) is 0 Å². The molecule has 2 heterocycles. The van der Waals surface area contributed by atoms with E-state index in [0.717, 1.165) is 0 Å². The van der Waals surface area contributed by atoms with Crippen LogP contribution in [0.2, 0.25) is 0 Å². The Morgan fingerprint density at radius 1 is 1.22 bits per heavy atom. The summed E-state index contributed by atoms with van der Waals surface area (Å²) in [5.74, 6) is 0.331. The molecule has 8 nitrogen and oxygen atoms in total. The van der Waals surface area contributed by atoms with Crippen LogP contribution >= 0.6 is 0 Å². The zero-order valence-corrected chi connectivity index (χ0v) is 14.0. The standard InChI is InChI=1S/C18H15FN4O4/c19-12-2-4-13(5-3-12)20-18(25)14-8-23(22-21-14)9-15(24)11-1-6-16-17(7-11)27-10-26-16/h1-8,15,24H,9-10H2,(H,20,25). The fourth-order valence-electron chi connectivity index (χ4n) is 2.62. The lowest BCUT2D eigenvalue weighted by Crippen LogP contribution is -2.12. The van der Waals surface area contributed by atoms with Gasteiger partial charge in [-0.3, -0.25) is 4.79 Å². The van der Waals surface area contributed by atoms with Gasteiger partial charge in [-0.2, -0.15) is 0 Å². The maximum absolute atomic E-state index is 12.9. The van der Waals surface area contributed by atoms with Gasteiger partial charge in [0.2, 0.25) is 6.79 Å². The van der Waals surface area contributed by atoms with Gasteiger partial charge in [0, 0.05) is 5.69 Å². The summed E-state index contributed by atoms with van der Waals surface area (Å²) in [6.07, 6.45) is 0.559. The quantitative estimate of drug-likeness (QED) is 0.714. The van der Waals surface area contributed by atoms with Crippen LogP contribution in [0.5, 0.6) is 11.5 Å². The predicted octanol–water partition coefficient (Wildman–Crippen LogP) is 2.13. The molecule has 0 fully saturated rings. The molecule has 1 unspecified atom stereocenters. The van der Waals surface area contributed by atoms with Crippen molar-refractivity contribution in [2.45, 2.75) is 12.6 Å². The molecule has 138 valence electrons. The summed E-state index contributed by atoms with van der Waals surface area (Å²) in [4.78, 5) is 12.2. The molecule has 2 N–H and O–H groups in total. The van der Waals surface area contributed by atoms with Gasteiger partial charge in [-0.05, 0) is 42.0 Å². The number of benzene rings is 2. The Morgan fingerprint density at radius 2 is 2.00 bits per heavy atom. The van der Waals surface area contributed by atoms with Gasteiger partial charge in [0.05, 0.1) is 18.8 Å². The first-order chi connectivity index (χ1) is 13.1. The van der Waals surface area contributed by atoms with Gasteiger partial charge in [0.25, 0.3) is 5.91 Å². The van der Waals surface area contributed by atoms with E-state index in [2.05, 4.69) is 15.6 Å². The smallest absolute Gasteiger partial charge is 0.277 e. The number of rotatable bonds is 5. The molecule has 4 rings (SSSR count). The lowest BCUT2D eigenvalue weighted by Gasteiger charge is -2.11. The summed E-state index contributed by atoms with van der Waals surface area (Å²) in [5.41, 5.74) is 1.15. The number of carbonyl (C=O) groups is 1. The maximum Gasteiger partial charge on any atom is 0.277 e. The Labute approximate surface area is 153 Å². The first-order valence-corrected chi connectivity index (χ1v) is 8.13. The number of hydrogen-bond acceptors (Lipinski definition) is 6. The van der Waals surface area contributed by atoms with E-state index in [9.17, 15) is 14.3 Å².